The number of carbonyl (C=O) groups is 2. The summed E-state index contributed by atoms with van der Waals surface area (Å²) in [6.45, 7) is 1.95. The van der Waals surface area contributed by atoms with Gasteiger partial charge in [0.2, 0.25) is 5.90 Å². The second-order valence-corrected chi connectivity index (χ2v) is 7.97. The minimum Gasteiger partial charge on any atom is -0.490 e. The van der Waals surface area contributed by atoms with E-state index >= 15 is 0 Å². The summed E-state index contributed by atoms with van der Waals surface area (Å²) in [6.07, 6.45) is 1.53. The maximum absolute atomic E-state index is 12.4. The van der Waals surface area contributed by atoms with Crippen LogP contribution in [0.3, 0.4) is 0 Å². The molecule has 0 atom stereocenters. The molecule has 0 unspecified atom stereocenters. The first kappa shape index (κ1) is 23.5. The Morgan fingerprint density at radius 3 is 2.47 bits per heavy atom. The van der Waals surface area contributed by atoms with Crippen LogP contribution in [-0.2, 0) is 9.53 Å². The van der Waals surface area contributed by atoms with E-state index in [1.54, 1.807) is 60.7 Å². The third-order valence-corrected chi connectivity index (χ3v) is 5.41. The highest BCUT2D eigenvalue weighted by Crippen LogP contribution is 2.38. The van der Waals surface area contributed by atoms with Crippen molar-refractivity contribution >= 4 is 46.9 Å². The number of cyclic esters (lactones) is 1. The van der Waals surface area contributed by atoms with E-state index in [1.807, 2.05) is 13.0 Å². The van der Waals surface area contributed by atoms with Crippen molar-refractivity contribution < 1.29 is 23.8 Å². The molecule has 0 bridgehead atoms. The van der Waals surface area contributed by atoms with E-state index in [0.717, 1.165) is 0 Å². The molecule has 0 N–H and O–H groups in total. The smallest absolute Gasteiger partial charge is 0.363 e. The van der Waals surface area contributed by atoms with Crippen molar-refractivity contribution in [1.82, 2.24) is 0 Å². The highest BCUT2D eigenvalue weighted by Gasteiger charge is 2.26. The first-order valence-electron chi connectivity index (χ1n) is 10.4. The first-order valence-corrected chi connectivity index (χ1v) is 11.2. The quantitative estimate of drug-likeness (QED) is 0.217. The highest BCUT2D eigenvalue weighted by molar-refractivity contribution is 6.34. The summed E-state index contributed by atoms with van der Waals surface area (Å²) in [4.78, 5) is 29.1. The van der Waals surface area contributed by atoms with Gasteiger partial charge in [0.15, 0.2) is 29.6 Å². The number of ketones is 1. The van der Waals surface area contributed by atoms with Gasteiger partial charge in [-0.1, -0.05) is 65.7 Å². The number of nitrogens with zero attached hydrogens (tertiary/aromatic N) is 1. The Kier molecular flexibility index (Phi) is 7.30. The third-order valence-electron chi connectivity index (χ3n) is 4.80. The van der Waals surface area contributed by atoms with E-state index in [0.29, 0.717) is 34.1 Å². The van der Waals surface area contributed by atoms with Gasteiger partial charge < -0.3 is 14.2 Å². The normalized spacial score (nSPS) is 14.0. The molecule has 0 fully saturated rings. The predicted octanol–water partition coefficient (Wildman–Crippen LogP) is 6.00. The van der Waals surface area contributed by atoms with Crippen LogP contribution < -0.4 is 9.47 Å². The van der Waals surface area contributed by atoms with Gasteiger partial charge in [0, 0.05) is 5.56 Å². The molecule has 1 heterocycles. The molecule has 0 spiro atoms. The average molecular weight is 496 g/mol. The van der Waals surface area contributed by atoms with Gasteiger partial charge in [0.05, 0.1) is 22.2 Å². The van der Waals surface area contributed by atoms with Crippen LogP contribution in [0.4, 0.5) is 0 Å². The van der Waals surface area contributed by atoms with Crippen molar-refractivity contribution in [1.29, 1.82) is 0 Å². The lowest BCUT2D eigenvalue weighted by Gasteiger charge is -2.14. The third kappa shape index (κ3) is 5.30. The molecule has 4 rings (SSSR count). The summed E-state index contributed by atoms with van der Waals surface area (Å²) < 4.78 is 16.7. The van der Waals surface area contributed by atoms with Crippen LogP contribution in [-0.4, -0.2) is 30.9 Å². The van der Waals surface area contributed by atoms with Crippen molar-refractivity contribution in [3.05, 3.63) is 99.2 Å². The van der Waals surface area contributed by atoms with Crippen molar-refractivity contribution in [2.45, 2.75) is 6.92 Å². The summed E-state index contributed by atoms with van der Waals surface area (Å²) in [5.74, 6) is -0.107. The van der Waals surface area contributed by atoms with Crippen molar-refractivity contribution in [2.24, 2.45) is 4.99 Å². The SMILES string of the molecule is CCOc1cc(/C=C2\N=C(c3ccccc3Cl)OC2=O)cc(Cl)c1OCC(=O)c1ccccc1. The zero-order chi connectivity index (χ0) is 24.1. The maximum atomic E-state index is 12.4. The molecule has 0 amide bonds. The largest absolute Gasteiger partial charge is 0.490 e. The van der Waals surface area contributed by atoms with Crippen LogP contribution in [0.15, 0.2) is 77.4 Å². The number of hydrogen-bond donors (Lipinski definition) is 0. The van der Waals surface area contributed by atoms with E-state index in [4.69, 9.17) is 37.4 Å². The van der Waals surface area contributed by atoms with Gasteiger partial charge in [-0.15, -0.1) is 0 Å². The summed E-state index contributed by atoms with van der Waals surface area (Å²) in [5.41, 5.74) is 1.68. The molecule has 0 radical (unpaired) electrons. The van der Waals surface area contributed by atoms with Gasteiger partial charge in [-0.3, -0.25) is 4.79 Å². The van der Waals surface area contributed by atoms with Crippen LogP contribution in [0, 0.1) is 0 Å². The molecule has 0 aromatic heterocycles. The summed E-state index contributed by atoms with van der Waals surface area (Å²) in [7, 11) is 0. The molecule has 6 nitrogen and oxygen atoms in total. The van der Waals surface area contributed by atoms with Gasteiger partial charge in [-0.25, -0.2) is 9.79 Å². The lowest BCUT2D eigenvalue weighted by molar-refractivity contribution is -0.129. The van der Waals surface area contributed by atoms with Crippen molar-refractivity contribution in [3.8, 4) is 11.5 Å². The van der Waals surface area contributed by atoms with Gasteiger partial charge in [0.25, 0.3) is 0 Å². The fraction of sp³-hybridized carbons (Fsp3) is 0.115. The molecular formula is C26H19Cl2NO5. The van der Waals surface area contributed by atoms with Gasteiger partial charge in [-0.05, 0) is 42.8 Å². The lowest BCUT2D eigenvalue weighted by Crippen LogP contribution is -2.12. The average Bonchev–Trinajstić information content (AvgIpc) is 3.19. The van der Waals surface area contributed by atoms with Crippen LogP contribution in [0.1, 0.15) is 28.4 Å². The fourth-order valence-electron chi connectivity index (χ4n) is 3.24. The minimum absolute atomic E-state index is 0.0846. The Balaban J connectivity index is 1.60. The number of hydrogen-bond acceptors (Lipinski definition) is 6. The number of halogens is 2. The standard InChI is InChI=1S/C26H19Cl2NO5/c1-2-32-23-14-16(12-20(28)24(23)33-15-22(30)17-8-4-3-5-9-17)13-21-26(31)34-25(29-21)18-10-6-7-11-19(18)27/h3-14H,2,15H2,1H3/b21-13-. The fourth-order valence-corrected chi connectivity index (χ4v) is 3.73. The Morgan fingerprint density at radius 2 is 1.74 bits per heavy atom. The predicted molar refractivity (Wildman–Crippen MR) is 131 cm³/mol. The second-order valence-electron chi connectivity index (χ2n) is 7.16. The highest BCUT2D eigenvalue weighted by atomic mass is 35.5. The molecular weight excluding hydrogens is 477 g/mol. The van der Waals surface area contributed by atoms with E-state index < -0.39 is 5.97 Å². The number of rotatable bonds is 8. The maximum Gasteiger partial charge on any atom is 0.363 e. The van der Waals surface area contributed by atoms with E-state index in [9.17, 15) is 9.59 Å². The lowest BCUT2D eigenvalue weighted by atomic mass is 10.1. The zero-order valence-corrected chi connectivity index (χ0v) is 19.6. The molecule has 1 aliphatic heterocycles. The van der Waals surface area contributed by atoms with E-state index in [-0.39, 0.29) is 34.8 Å². The first-order chi connectivity index (χ1) is 16.5. The van der Waals surface area contributed by atoms with Crippen molar-refractivity contribution in [3.63, 3.8) is 0 Å². The summed E-state index contributed by atoms with van der Waals surface area (Å²) >= 11 is 12.6. The number of carbonyl (C=O) groups excluding carboxylic acids is 2. The van der Waals surface area contributed by atoms with E-state index in [2.05, 4.69) is 4.99 Å². The van der Waals surface area contributed by atoms with Gasteiger partial charge in [0.1, 0.15) is 0 Å². The van der Waals surface area contributed by atoms with Crippen molar-refractivity contribution in [2.75, 3.05) is 13.2 Å². The molecule has 8 heteroatoms. The van der Waals surface area contributed by atoms with Crippen LogP contribution in [0.5, 0.6) is 11.5 Å². The molecule has 1 aliphatic rings. The zero-order valence-electron chi connectivity index (χ0n) is 18.1. The number of ether oxygens (including phenoxy) is 3. The molecule has 34 heavy (non-hydrogen) atoms. The number of aliphatic imine (C=N–C) groups is 1. The van der Waals surface area contributed by atoms with E-state index in [1.165, 1.54) is 6.08 Å². The Morgan fingerprint density at radius 1 is 1.00 bits per heavy atom. The van der Waals surface area contributed by atoms with Gasteiger partial charge in [-0.2, -0.15) is 0 Å². The molecule has 0 aliphatic carbocycles. The second kappa shape index (κ2) is 10.5. The summed E-state index contributed by atoms with van der Waals surface area (Å²) in [5, 5.41) is 0.642. The van der Waals surface area contributed by atoms with Crippen LogP contribution >= 0.6 is 23.2 Å². The molecule has 0 saturated heterocycles. The van der Waals surface area contributed by atoms with Crippen LogP contribution in [0.25, 0.3) is 6.08 Å². The van der Waals surface area contributed by atoms with Crippen LogP contribution in [0.2, 0.25) is 10.0 Å². The molecule has 0 saturated carbocycles. The number of benzene rings is 3. The Labute approximate surface area is 206 Å². The summed E-state index contributed by atoms with van der Waals surface area (Å²) in [6, 6.07) is 19.0. The molecule has 3 aromatic carbocycles. The molecule has 3 aromatic rings. The minimum atomic E-state index is -0.613. The number of esters is 1. The van der Waals surface area contributed by atoms with Gasteiger partial charge >= 0.3 is 5.97 Å². The Bertz CT molecular complexity index is 1300. The topological polar surface area (TPSA) is 74.2 Å². The number of Topliss-reactive ketones (excluding diaryl/α,β-unsaturated/α-hetero) is 1. The molecule has 172 valence electrons. The Hall–Kier alpha value is -3.61. The monoisotopic (exact) mass is 495 g/mol.